The van der Waals surface area contributed by atoms with Crippen LogP contribution in [0.5, 0.6) is 0 Å². The number of nitrogens with zero attached hydrogens (tertiary/aromatic N) is 3. The van der Waals surface area contributed by atoms with Gasteiger partial charge in [0, 0.05) is 9.77 Å². The minimum Gasteiger partial charge on any atom is -0.431 e. The van der Waals surface area contributed by atoms with Crippen LogP contribution in [0.4, 0.5) is 15.0 Å². The number of aliphatic hydroxyl groups excluding tert-OH is 1. The molecule has 0 saturated carbocycles. The van der Waals surface area contributed by atoms with Gasteiger partial charge in [0.05, 0.1) is 12.0 Å². The molecule has 1 unspecified atom stereocenters. The SMILES string of the molecule is CCC(CC)OC(=O)O[C@@H]1C(F)[C@H](n2cc(I)c3c(N)ncnc32)O[C@@H]1CO. The van der Waals surface area contributed by atoms with Crippen LogP contribution in [0.25, 0.3) is 11.0 Å². The summed E-state index contributed by atoms with van der Waals surface area (Å²) in [5.74, 6) is 0.266. The van der Waals surface area contributed by atoms with Crippen LogP contribution in [0.1, 0.15) is 32.9 Å². The van der Waals surface area contributed by atoms with Crippen molar-refractivity contribution >= 4 is 45.6 Å². The summed E-state index contributed by atoms with van der Waals surface area (Å²) in [6.45, 7) is 3.22. The Bertz CT molecular complexity index is 846. The third-order valence-corrected chi connectivity index (χ3v) is 5.54. The fourth-order valence-corrected chi connectivity index (χ4v) is 4.01. The maximum Gasteiger partial charge on any atom is 0.509 e. The van der Waals surface area contributed by atoms with Crippen LogP contribution < -0.4 is 5.73 Å². The molecule has 3 N–H and O–H groups in total. The Morgan fingerprint density at radius 1 is 1.46 bits per heavy atom. The second-order valence-corrected chi connectivity index (χ2v) is 7.58. The molecular formula is C17H22FIN4O5. The number of hydrogen-bond acceptors (Lipinski definition) is 8. The lowest BCUT2D eigenvalue weighted by molar-refractivity contribution is -0.0608. The van der Waals surface area contributed by atoms with Gasteiger partial charge in [-0.05, 0) is 35.4 Å². The van der Waals surface area contributed by atoms with Crippen LogP contribution in [0.15, 0.2) is 12.5 Å². The second kappa shape index (κ2) is 8.74. The Morgan fingerprint density at radius 2 is 2.18 bits per heavy atom. The summed E-state index contributed by atoms with van der Waals surface area (Å²) >= 11 is 2.05. The van der Waals surface area contributed by atoms with Gasteiger partial charge in [-0.2, -0.15) is 0 Å². The minimum atomic E-state index is -1.74. The molecule has 2 aromatic rings. The van der Waals surface area contributed by atoms with Crippen molar-refractivity contribution in [2.24, 2.45) is 0 Å². The van der Waals surface area contributed by atoms with Crippen LogP contribution in [0, 0.1) is 3.57 Å². The molecule has 0 radical (unpaired) electrons. The van der Waals surface area contributed by atoms with Crippen molar-refractivity contribution in [2.75, 3.05) is 12.3 Å². The Hall–Kier alpha value is -1.73. The van der Waals surface area contributed by atoms with Crippen molar-refractivity contribution in [2.45, 2.75) is 57.4 Å². The van der Waals surface area contributed by atoms with Gasteiger partial charge in [0.15, 0.2) is 18.5 Å². The van der Waals surface area contributed by atoms with Crippen molar-refractivity contribution in [3.8, 4) is 0 Å². The smallest absolute Gasteiger partial charge is 0.431 e. The number of nitrogen functional groups attached to an aromatic ring is 1. The number of rotatable bonds is 6. The zero-order chi connectivity index (χ0) is 20.4. The van der Waals surface area contributed by atoms with E-state index in [0.717, 1.165) is 3.57 Å². The molecule has 0 aliphatic carbocycles. The maximum absolute atomic E-state index is 15.2. The number of carbonyl (C=O) groups is 1. The molecule has 0 bridgehead atoms. The first-order valence-corrected chi connectivity index (χ1v) is 10.0. The molecule has 4 atom stereocenters. The van der Waals surface area contributed by atoms with E-state index >= 15 is 4.39 Å². The van der Waals surface area contributed by atoms with Gasteiger partial charge < -0.3 is 29.6 Å². The summed E-state index contributed by atoms with van der Waals surface area (Å²) in [5, 5.41) is 10.2. The maximum atomic E-state index is 15.2. The summed E-state index contributed by atoms with van der Waals surface area (Å²) in [7, 11) is 0. The Kier molecular flexibility index (Phi) is 6.55. The van der Waals surface area contributed by atoms with Gasteiger partial charge in [-0.15, -0.1) is 0 Å². The molecule has 2 aromatic heterocycles. The molecule has 1 fully saturated rings. The molecule has 0 aromatic carbocycles. The number of carbonyl (C=O) groups excluding carboxylic acids is 1. The zero-order valence-corrected chi connectivity index (χ0v) is 17.6. The predicted octanol–water partition coefficient (Wildman–Crippen LogP) is 2.56. The fourth-order valence-electron chi connectivity index (χ4n) is 3.19. The van der Waals surface area contributed by atoms with Gasteiger partial charge in [0.1, 0.15) is 30.0 Å². The van der Waals surface area contributed by atoms with E-state index in [-0.39, 0.29) is 11.9 Å². The van der Waals surface area contributed by atoms with E-state index in [1.807, 2.05) is 36.4 Å². The van der Waals surface area contributed by atoms with Crippen LogP contribution in [-0.2, 0) is 14.2 Å². The standard InChI is InChI=1S/C17H22FIN4O5/c1-3-8(4-2)26-17(25)28-13-10(6-24)27-16(12(13)18)23-5-9(19)11-14(20)21-7-22-15(11)23/h5,7-8,10,12-13,16,24H,3-4,6H2,1-2H3,(H2,20,21,22)/t10-,12?,13+,16-/m1/s1. The lowest BCUT2D eigenvalue weighted by Crippen LogP contribution is -2.36. The first kappa shape index (κ1) is 21.0. The van der Waals surface area contributed by atoms with Crippen molar-refractivity contribution in [3.05, 3.63) is 16.1 Å². The fraction of sp³-hybridized carbons (Fsp3) is 0.588. The minimum absolute atomic E-state index is 0.266. The number of aromatic nitrogens is 3. The number of nitrogens with two attached hydrogens (primary N) is 1. The molecule has 154 valence electrons. The summed E-state index contributed by atoms with van der Waals surface area (Å²) in [4.78, 5) is 20.2. The first-order chi connectivity index (χ1) is 13.4. The summed E-state index contributed by atoms with van der Waals surface area (Å²) in [6.07, 6.45) is -2.40. The topological polar surface area (TPSA) is 122 Å². The molecule has 0 amide bonds. The molecule has 1 aliphatic heterocycles. The summed E-state index contributed by atoms with van der Waals surface area (Å²) in [5.41, 5.74) is 6.28. The lowest BCUT2D eigenvalue weighted by atomic mass is 10.1. The highest BCUT2D eigenvalue weighted by Gasteiger charge is 2.49. The van der Waals surface area contributed by atoms with Crippen LogP contribution >= 0.6 is 22.6 Å². The molecule has 3 heterocycles. The molecule has 1 saturated heterocycles. The Balaban J connectivity index is 1.84. The average molecular weight is 508 g/mol. The normalized spacial score (nSPS) is 24.8. The second-order valence-electron chi connectivity index (χ2n) is 6.42. The zero-order valence-electron chi connectivity index (χ0n) is 15.4. The Morgan fingerprint density at radius 3 is 2.82 bits per heavy atom. The van der Waals surface area contributed by atoms with E-state index < -0.39 is 37.4 Å². The number of fused-ring (bicyclic) bond motifs is 1. The highest BCUT2D eigenvalue weighted by Crippen LogP contribution is 2.37. The largest absolute Gasteiger partial charge is 0.509 e. The third-order valence-electron chi connectivity index (χ3n) is 4.72. The number of hydrogen-bond donors (Lipinski definition) is 2. The molecule has 9 nitrogen and oxygen atoms in total. The van der Waals surface area contributed by atoms with Gasteiger partial charge in [0.25, 0.3) is 0 Å². The first-order valence-electron chi connectivity index (χ1n) is 8.95. The van der Waals surface area contributed by atoms with Gasteiger partial charge in [0.2, 0.25) is 0 Å². The molecule has 28 heavy (non-hydrogen) atoms. The Labute approximate surface area is 174 Å². The average Bonchev–Trinajstić information content (AvgIpc) is 3.18. The predicted molar refractivity (Wildman–Crippen MR) is 106 cm³/mol. The lowest BCUT2D eigenvalue weighted by Gasteiger charge is -2.20. The van der Waals surface area contributed by atoms with Gasteiger partial charge >= 0.3 is 6.16 Å². The van der Waals surface area contributed by atoms with E-state index in [0.29, 0.717) is 23.9 Å². The highest BCUT2D eigenvalue weighted by molar-refractivity contribution is 14.1. The molecule has 11 heteroatoms. The van der Waals surface area contributed by atoms with Crippen molar-refractivity contribution < 1.29 is 28.5 Å². The van der Waals surface area contributed by atoms with Gasteiger partial charge in [-0.1, -0.05) is 13.8 Å². The van der Waals surface area contributed by atoms with Crippen LogP contribution in [-0.4, -0.2) is 56.9 Å². The number of alkyl halides is 1. The summed E-state index contributed by atoms with van der Waals surface area (Å²) < 4.78 is 33.4. The van der Waals surface area contributed by atoms with Crippen molar-refractivity contribution in [3.63, 3.8) is 0 Å². The molecule has 1 aliphatic rings. The van der Waals surface area contributed by atoms with Crippen molar-refractivity contribution in [1.82, 2.24) is 14.5 Å². The number of anilines is 1. The van der Waals surface area contributed by atoms with E-state index in [4.69, 9.17) is 19.9 Å². The van der Waals surface area contributed by atoms with Gasteiger partial charge in [-0.3, -0.25) is 0 Å². The van der Waals surface area contributed by atoms with Crippen LogP contribution in [0.3, 0.4) is 0 Å². The van der Waals surface area contributed by atoms with Gasteiger partial charge in [-0.25, -0.2) is 19.2 Å². The number of aliphatic hydroxyl groups is 1. The van der Waals surface area contributed by atoms with E-state index in [1.54, 1.807) is 6.20 Å². The highest BCUT2D eigenvalue weighted by atomic mass is 127. The molecular weight excluding hydrogens is 486 g/mol. The van der Waals surface area contributed by atoms with E-state index in [1.165, 1.54) is 10.9 Å². The molecule has 0 spiro atoms. The number of ether oxygens (including phenoxy) is 3. The number of halogens is 2. The summed E-state index contributed by atoms with van der Waals surface area (Å²) in [6, 6.07) is 0. The van der Waals surface area contributed by atoms with Crippen molar-refractivity contribution in [1.29, 1.82) is 0 Å². The quantitative estimate of drug-likeness (QED) is 0.451. The monoisotopic (exact) mass is 508 g/mol. The van der Waals surface area contributed by atoms with E-state index in [9.17, 15) is 9.90 Å². The van der Waals surface area contributed by atoms with Crippen LogP contribution in [0.2, 0.25) is 0 Å². The molecule has 3 rings (SSSR count). The third kappa shape index (κ3) is 3.87. The van der Waals surface area contributed by atoms with E-state index in [2.05, 4.69) is 9.97 Å².